The summed E-state index contributed by atoms with van der Waals surface area (Å²) >= 11 is 1.47. The molecular weight excluding hydrogens is 322 g/mol. The molecule has 1 saturated heterocycles. The molecular formula is C18H23N3O2S. The number of piperazine rings is 1. The molecule has 0 bridgehead atoms. The molecule has 5 nitrogen and oxygen atoms in total. The van der Waals surface area contributed by atoms with Gasteiger partial charge >= 0.3 is 0 Å². The van der Waals surface area contributed by atoms with Crippen LogP contribution >= 0.6 is 11.8 Å². The second-order valence-electron chi connectivity index (χ2n) is 5.99. The second-order valence-corrected chi connectivity index (χ2v) is 7.00. The molecule has 0 radical (unpaired) electrons. The van der Waals surface area contributed by atoms with E-state index in [4.69, 9.17) is 4.74 Å². The molecule has 0 atom stereocenters. The van der Waals surface area contributed by atoms with Crippen LogP contribution in [-0.2, 0) is 4.79 Å². The van der Waals surface area contributed by atoms with Gasteiger partial charge in [0.1, 0.15) is 5.75 Å². The fraction of sp³-hybridized carbons (Fsp3) is 0.444. The first-order valence-corrected chi connectivity index (χ1v) is 9.17. The summed E-state index contributed by atoms with van der Waals surface area (Å²) in [6.07, 6.45) is 2.85. The summed E-state index contributed by atoms with van der Waals surface area (Å²) in [5, 5.41) is 0.825. The number of carbonyl (C=O) groups excluding carboxylic acids is 1. The van der Waals surface area contributed by atoms with E-state index in [0.717, 1.165) is 49.1 Å². The van der Waals surface area contributed by atoms with Gasteiger partial charge in [0, 0.05) is 31.7 Å². The number of hydrogen-bond acceptors (Lipinski definition) is 5. The Labute approximate surface area is 147 Å². The monoisotopic (exact) mass is 345 g/mol. The van der Waals surface area contributed by atoms with E-state index in [9.17, 15) is 4.79 Å². The fourth-order valence-electron chi connectivity index (χ4n) is 2.62. The van der Waals surface area contributed by atoms with Crippen molar-refractivity contribution < 1.29 is 9.53 Å². The van der Waals surface area contributed by atoms with E-state index in [1.165, 1.54) is 11.8 Å². The Morgan fingerprint density at radius 3 is 2.75 bits per heavy atom. The molecule has 0 spiro atoms. The number of para-hydroxylation sites is 1. The van der Waals surface area contributed by atoms with Crippen LogP contribution < -0.4 is 4.74 Å². The lowest BCUT2D eigenvalue weighted by Gasteiger charge is -2.32. The SMILES string of the molecule is CCCOc1ccccc1C=C1SC(N2CCN(C)CC2)=NC1=O. The zero-order valence-electron chi connectivity index (χ0n) is 14.2. The Balaban J connectivity index is 1.73. The van der Waals surface area contributed by atoms with Crippen LogP contribution in [0.5, 0.6) is 5.75 Å². The summed E-state index contributed by atoms with van der Waals surface area (Å²) in [5.41, 5.74) is 0.927. The molecule has 0 aliphatic carbocycles. The molecule has 2 heterocycles. The highest BCUT2D eigenvalue weighted by Gasteiger charge is 2.27. The van der Waals surface area contributed by atoms with E-state index in [1.54, 1.807) is 0 Å². The third-order valence-electron chi connectivity index (χ3n) is 4.05. The minimum absolute atomic E-state index is 0.153. The standard InChI is InChI=1S/C18H23N3O2S/c1-3-12-23-15-7-5-4-6-14(15)13-16-17(22)19-18(24-16)21-10-8-20(2)9-11-21/h4-7,13H,3,8-12H2,1-2H3. The zero-order valence-corrected chi connectivity index (χ0v) is 15.0. The molecule has 0 saturated carbocycles. The number of amidine groups is 1. The number of ether oxygens (including phenoxy) is 1. The van der Waals surface area contributed by atoms with Gasteiger partial charge in [-0.15, -0.1) is 0 Å². The average molecular weight is 345 g/mol. The van der Waals surface area contributed by atoms with E-state index in [0.29, 0.717) is 11.5 Å². The summed E-state index contributed by atoms with van der Waals surface area (Å²) in [6.45, 7) is 6.58. The number of hydrogen-bond donors (Lipinski definition) is 0. The van der Waals surface area contributed by atoms with Crippen molar-refractivity contribution in [1.29, 1.82) is 0 Å². The maximum Gasteiger partial charge on any atom is 0.286 e. The van der Waals surface area contributed by atoms with E-state index in [-0.39, 0.29) is 5.91 Å². The predicted octanol–water partition coefficient (Wildman–Crippen LogP) is 2.69. The molecule has 2 aliphatic heterocycles. The van der Waals surface area contributed by atoms with Gasteiger partial charge in [0.25, 0.3) is 5.91 Å². The molecule has 1 aromatic rings. The summed E-state index contributed by atoms with van der Waals surface area (Å²) in [6, 6.07) is 7.81. The van der Waals surface area contributed by atoms with Crippen molar-refractivity contribution in [2.75, 3.05) is 39.8 Å². The summed E-state index contributed by atoms with van der Waals surface area (Å²) in [4.78, 5) is 21.7. The van der Waals surface area contributed by atoms with Gasteiger partial charge in [-0.3, -0.25) is 4.79 Å². The van der Waals surface area contributed by atoms with E-state index in [1.807, 2.05) is 30.3 Å². The number of nitrogens with zero attached hydrogens (tertiary/aromatic N) is 3. The van der Waals surface area contributed by atoms with Crippen LogP contribution in [0.3, 0.4) is 0 Å². The van der Waals surface area contributed by atoms with Gasteiger partial charge < -0.3 is 14.5 Å². The summed E-state index contributed by atoms with van der Waals surface area (Å²) in [5.74, 6) is 0.660. The molecule has 1 amide bonds. The van der Waals surface area contributed by atoms with Crippen molar-refractivity contribution in [3.8, 4) is 5.75 Å². The normalized spacial score (nSPS) is 20.6. The molecule has 0 aromatic heterocycles. The Kier molecular flexibility index (Phi) is 5.58. The first-order chi connectivity index (χ1) is 11.7. The predicted molar refractivity (Wildman–Crippen MR) is 99.3 cm³/mol. The van der Waals surface area contributed by atoms with Gasteiger partial charge in [-0.2, -0.15) is 4.99 Å². The van der Waals surface area contributed by atoms with E-state index >= 15 is 0 Å². The summed E-state index contributed by atoms with van der Waals surface area (Å²) in [7, 11) is 2.12. The first kappa shape index (κ1) is 17.0. The second kappa shape index (κ2) is 7.85. The molecule has 1 aromatic carbocycles. The quantitative estimate of drug-likeness (QED) is 0.785. The van der Waals surface area contributed by atoms with Crippen LogP contribution in [0.2, 0.25) is 0 Å². The third-order valence-corrected chi connectivity index (χ3v) is 5.09. The highest BCUT2D eigenvalue weighted by molar-refractivity contribution is 8.18. The summed E-state index contributed by atoms with van der Waals surface area (Å²) < 4.78 is 5.77. The van der Waals surface area contributed by atoms with Crippen molar-refractivity contribution in [2.45, 2.75) is 13.3 Å². The van der Waals surface area contributed by atoms with Crippen molar-refractivity contribution in [3.05, 3.63) is 34.7 Å². The number of thioether (sulfide) groups is 1. The van der Waals surface area contributed by atoms with Crippen molar-refractivity contribution >= 4 is 28.9 Å². The van der Waals surface area contributed by atoms with Gasteiger partial charge in [-0.25, -0.2) is 0 Å². The molecule has 6 heteroatoms. The van der Waals surface area contributed by atoms with Crippen LogP contribution in [0, 0.1) is 0 Å². The van der Waals surface area contributed by atoms with Gasteiger partial charge in [-0.05, 0) is 37.4 Å². The topological polar surface area (TPSA) is 45.1 Å². The Morgan fingerprint density at radius 1 is 1.25 bits per heavy atom. The maximum atomic E-state index is 12.3. The molecule has 24 heavy (non-hydrogen) atoms. The number of rotatable bonds is 4. The van der Waals surface area contributed by atoms with E-state index in [2.05, 4.69) is 28.8 Å². The number of amides is 1. The molecule has 0 unspecified atom stereocenters. The van der Waals surface area contributed by atoms with Crippen LogP contribution in [0.15, 0.2) is 34.2 Å². The minimum atomic E-state index is -0.153. The number of aliphatic imine (C=N–C) groups is 1. The van der Waals surface area contributed by atoms with Crippen LogP contribution in [0.4, 0.5) is 0 Å². The Bertz CT molecular complexity index is 664. The van der Waals surface area contributed by atoms with Crippen LogP contribution in [0.1, 0.15) is 18.9 Å². The van der Waals surface area contributed by atoms with Crippen molar-refractivity contribution in [3.63, 3.8) is 0 Å². The molecule has 128 valence electrons. The number of likely N-dealkylation sites (N-methyl/N-ethyl adjacent to an activating group) is 1. The van der Waals surface area contributed by atoms with Crippen molar-refractivity contribution in [1.82, 2.24) is 9.80 Å². The third kappa shape index (κ3) is 3.99. The molecule has 3 rings (SSSR count). The largest absolute Gasteiger partial charge is 0.493 e. The average Bonchev–Trinajstić information content (AvgIpc) is 2.95. The fourth-order valence-corrected chi connectivity index (χ4v) is 3.57. The Hall–Kier alpha value is -1.79. The Morgan fingerprint density at radius 2 is 2.00 bits per heavy atom. The lowest BCUT2D eigenvalue weighted by molar-refractivity contribution is -0.113. The van der Waals surface area contributed by atoms with Crippen LogP contribution in [0.25, 0.3) is 6.08 Å². The highest BCUT2D eigenvalue weighted by Crippen LogP contribution is 2.32. The smallest absolute Gasteiger partial charge is 0.286 e. The number of benzene rings is 1. The zero-order chi connectivity index (χ0) is 16.9. The van der Waals surface area contributed by atoms with Gasteiger partial charge in [0.2, 0.25) is 0 Å². The van der Waals surface area contributed by atoms with E-state index < -0.39 is 0 Å². The molecule has 2 aliphatic rings. The van der Waals surface area contributed by atoms with Gasteiger partial charge in [0.05, 0.1) is 11.5 Å². The molecule has 0 N–H and O–H groups in total. The van der Waals surface area contributed by atoms with Gasteiger partial charge in [0.15, 0.2) is 5.17 Å². The van der Waals surface area contributed by atoms with Crippen molar-refractivity contribution in [2.24, 2.45) is 4.99 Å². The first-order valence-electron chi connectivity index (χ1n) is 8.35. The molecule has 1 fully saturated rings. The lowest BCUT2D eigenvalue weighted by atomic mass is 10.2. The maximum absolute atomic E-state index is 12.3. The highest BCUT2D eigenvalue weighted by atomic mass is 32.2. The van der Waals surface area contributed by atoms with Crippen LogP contribution in [-0.4, -0.2) is 60.7 Å². The minimum Gasteiger partial charge on any atom is -0.493 e. The lowest BCUT2D eigenvalue weighted by Crippen LogP contribution is -2.46. The number of carbonyl (C=O) groups is 1. The van der Waals surface area contributed by atoms with Gasteiger partial charge in [-0.1, -0.05) is 25.1 Å².